The lowest BCUT2D eigenvalue weighted by Gasteiger charge is -2.28. The summed E-state index contributed by atoms with van der Waals surface area (Å²) in [6.07, 6.45) is 19.9. The SMILES string of the molecule is CCN(CC)c1ccc(C(=C2C=CC(=[NH+]CC3CC4CCC3C4)c3ccccc32)c2ccc(N(CC)CC)cc2)cc1.CCNc1ccc(C(c2ccc(N(CC)CC)cc2)C2C=CC(=[N+](CC)CC)C=C2)c2ccccc12.[Cl-].[Cl-]. The van der Waals surface area contributed by atoms with Gasteiger partial charge in [-0.3, -0.25) is 0 Å². The molecule has 10 rings (SSSR count). The Hall–Kier alpha value is -6.34. The summed E-state index contributed by atoms with van der Waals surface area (Å²) in [5, 5.41) is 6.18. The lowest BCUT2D eigenvalue weighted by molar-refractivity contribution is -0.519. The van der Waals surface area contributed by atoms with Gasteiger partial charge in [-0.15, -0.1) is 0 Å². The van der Waals surface area contributed by atoms with Gasteiger partial charge in [-0.1, -0.05) is 104 Å². The van der Waals surface area contributed by atoms with Crippen molar-refractivity contribution in [3.8, 4) is 0 Å². The Morgan fingerprint density at radius 2 is 1.07 bits per heavy atom. The van der Waals surface area contributed by atoms with E-state index in [4.69, 9.17) is 0 Å². The van der Waals surface area contributed by atoms with Gasteiger partial charge in [-0.2, -0.15) is 0 Å². The zero-order chi connectivity index (χ0) is 54.5. The van der Waals surface area contributed by atoms with Crippen LogP contribution in [0.15, 0.2) is 170 Å². The number of rotatable bonds is 20. The highest BCUT2D eigenvalue weighted by molar-refractivity contribution is 6.17. The Morgan fingerprint density at radius 3 is 1.57 bits per heavy atom. The van der Waals surface area contributed by atoms with Crippen molar-refractivity contribution in [2.24, 2.45) is 23.7 Å². The molecule has 2 saturated carbocycles. The molecule has 422 valence electrons. The summed E-state index contributed by atoms with van der Waals surface area (Å²) in [4.78, 5) is 11.1. The van der Waals surface area contributed by atoms with Crippen molar-refractivity contribution in [2.75, 3.05) is 85.5 Å². The van der Waals surface area contributed by atoms with Crippen LogP contribution >= 0.6 is 0 Å². The Bertz CT molecular complexity index is 3060. The molecule has 4 aliphatic carbocycles. The van der Waals surface area contributed by atoms with E-state index >= 15 is 0 Å². The molecule has 0 amide bonds. The molecule has 8 heteroatoms. The first-order chi connectivity index (χ1) is 38.3. The van der Waals surface area contributed by atoms with Crippen LogP contribution in [-0.4, -0.2) is 81.4 Å². The summed E-state index contributed by atoms with van der Waals surface area (Å²) in [5.74, 6) is 3.28. The number of nitrogens with zero attached hydrogens (tertiary/aromatic N) is 4. The average molecular weight is 1110 g/mol. The second-order valence-electron chi connectivity index (χ2n) is 21.7. The fourth-order valence-corrected chi connectivity index (χ4v) is 13.5. The Morgan fingerprint density at radius 1 is 0.550 bits per heavy atom. The molecule has 2 fully saturated rings. The Labute approximate surface area is 494 Å². The quantitative estimate of drug-likeness (QED) is 0.0752. The van der Waals surface area contributed by atoms with Crippen LogP contribution in [0.25, 0.3) is 21.9 Å². The van der Waals surface area contributed by atoms with Gasteiger partial charge in [0.25, 0.3) is 0 Å². The number of fused-ring (bicyclic) bond motifs is 4. The largest absolute Gasteiger partial charge is 1.00 e. The van der Waals surface area contributed by atoms with Crippen LogP contribution in [0.1, 0.15) is 127 Å². The standard InChI is InChI=1S/C39H47N3.C33H42N3.2ClH/c1-5-41(6-2)33-19-15-29(16-20-33)39(30-17-21-34(22-18-30)42(7-3)8-4)37-23-24-38(36-12-10-9-11-35(36)37)40-27-32-26-28-13-14-31(32)25-28;1-6-34-32-24-23-31(29-13-11-12-14-30(29)32)33(25-15-19-27(20-16-25)35(7-2)8-3)26-17-21-28(22-18-26)36(9-4)10-5;;/h9-12,15-24,28,31-32H,5-8,13-14,25-27H2,1-4H3;11-25,33-34H,6-10H2,1-5H3;2*1H/q;+1;;/p-1. The molecule has 2 bridgehead atoms. The number of nitrogens with one attached hydrogen (secondary N) is 2. The molecule has 4 unspecified atom stereocenters. The van der Waals surface area contributed by atoms with E-state index in [1.165, 1.54) is 115 Å². The van der Waals surface area contributed by atoms with Crippen molar-refractivity contribution >= 4 is 56.1 Å². The fourth-order valence-electron chi connectivity index (χ4n) is 13.5. The van der Waals surface area contributed by atoms with Crippen LogP contribution in [0.4, 0.5) is 22.7 Å². The lowest BCUT2D eigenvalue weighted by atomic mass is 9.77. The molecule has 0 radical (unpaired) electrons. The fraction of sp³-hybridized carbons (Fsp3) is 0.389. The van der Waals surface area contributed by atoms with Crippen LogP contribution in [0.5, 0.6) is 0 Å². The van der Waals surface area contributed by atoms with Crippen molar-refractivity contribution in [3.05, 3.63) is 203 Å². The first kappa shape index (κ1) is 61.3. The summed E-state index contributed by atoms with van der Waals surface area (Å²) < 4.78 is 2.41. The number of benzene rings is 6. The highest BCUT2D eigenvalue weighted by Gasteiger charge is 2.41. The second kappa shape index (κ2) is 29.4. The Kier molecular flexibility index (Phi) is 22.5. The van der Waals surface area contributed by atoms with Gasteiger partial charge in [0.15, 0.2) is 5.71 Å². The number of allylic oxidation sites excluding steroid dienone is 7. The van der Waals surface area contributed by atoms with E-state index in [0.29, 0.717) is 0 Å². The molecule has 6 nitrogen and oxygen atoms in total. The van der Waals surface area contributed by atoms with Gasteiger partial charge in [0.2, 0.25) is 5.71 Å². The third kappa shape index (κ3) is 13.5. The summed E-state index contributed by atoms with van der Waals surface area (Å²) in [7, 11) is 0. The van der Waals surface area contributed by atoms with Crippen molar-refractivity contribution in [1.82, 2.24) is 0 Å². The van der Waals surface area contributed by atoms with Crippen LogP contribution in [0.2, 0.25) is 0 Å². The molecule has 6 aromatic carbocycles. The number of hydrogen-bond acceptors (Lipinski definition) is 4. The highest BCUT2D eigenvalue weighted by atomic mass is 35.5. The monoisotopic (exact) mass is 1110 g/mol. The van der Waals surface area contributed by atoms with Crippen LogP contribution in [0, 0.1) is 23.7 Å². The van der Waals surface area contributed by atoms with Gasteiger partial charge in [0.1, 0.15) is 19.6 Å². The van der Waals surface area contributed by atoms with Gasteiger partial charge >= 0.3 is 0 Å². The van der Waals surface area contributed by atoms with Gasteiger partial charge in [-0.05, 0) is 192 Å². The summed E-state index contributed by atoms with van der Waals surface area (Å²) in [6, 6.07) is 50.2. The average Bonchev–Trinajstić information content (AvgIpc) is 4.24. The molecule has 0 aliphatic heterocycles. The third-order valence-electron chi connectivity index (χ3n) is 17.7. The maximum Gasteiger partial charge on any atom is 0.206 e. The minimum absolute atomic E-state index is 0. The molecule has 4 atom stereocenters. The van der Waals surface area contributed by atoms with Gasteiger partial charge in [0, 0.05) is 110 Å². The van der Waals surface area contributed by atoms with Gasteiger partial charge < -0.3 is 44.8 Å². The smallest absolute Gasteiger partial charge is 0.206 e. The normalized spacial score (nSPS) is 18.4. The zero-order valence-corrected chi connectivity index (χ0v) is 51.0. The van der Waals surface area contributed by atoms with Crippen LogP contribution in [-0.2, 0) is 0 Å². The van der Waals surface area contributed by atoms with Crippen molar-refractivity contribution in [1.29, 1.82) is 0 Å². The van der Waals surface area contributed by atoms with Crippen LogP contribution < -0.4 is 49.8 Å². The van der Waals surface area contributed by atoms with E-state index < -0.39 is 0 Å². The van der Waals surface area contributed by atoms with E-state index in [2.05, 4.69) is 262 Å². The molecule has 0 aromatic heterocycles. The van der Waals surface area contributed by atoms with E-state index in [0.717, 1.165) is 83.2 Å². The molecule has 80 heavy (non-hydrogen) atoms. The number of halogens is 2. The first-order valence-electron chi connectivity index (χ1n) is 30.2. The van der Waals surface area contributed by atoms with Crippen molar-refractivity contribution in [2.45, 2.75) is 93.9 Å². The molecule has 0 spiro atoms. The summed E-state index contributed by atoms with van der Waals surface area (Å²) in [6.45, 7) is 30.1. The van der Waals surface area contributed by atoms with Gasteiger partial charge in [-0.25, -0.2) is 9.57 Å². The van der Waals surface area contributed by atoms with E-state index in [-0.39, 0.29) is 36.6 Å². The van der Waals surface area contributed by atoms with Gasteiger partial charge in [0.05, 0.1) is 5.56 Å². The minimum Gasteiger partial charge on any atom is -1.00 e. The predicted octanol–water partition coefficient (Wildman–Crippen LogP) is 8.71. The zero-order valence-electron chi connectivity index (χ0n) is 49.5. The summed E-state index contributed by atoms with van der Waals surface area (Å²) >= 11 is 0. The predicted molar refractivity (Wildman–Crippen MR) is 338 cm³/mol. The topological polar surface area (TPSA) is 38.7 Å². The molecule has 2 N–H and O–H groups in total. The lowest BCUT2D eigenvalue weighted by Crippen LogP contribution is -3.00. The molecular formula is C72H90Cl2N6. The second-order valence-corrected chi connectivity index (χ2v) is 21.7. The van der Waals surface area contributed by atoms with Crippen LogP contribution in [0.3, 0.4) is 0 Å². The van der Waals surface area contributed by atoms with E-state index in [9.17, 15) is 0 Å². The molecular weight excluding hydrogens is 1020 g/mol. The van der Waals surface area contributed by atoms with E-state index in [1.807, 2.05) is 0 Å². The third-order valence-corrected chi connectivity index (χ3v) is 17.7. The Balaban J connectivity index is 0.000000228. The molecule has 0 heterocycles. The highest BCUT2D eigenvalue weighted by Crippen LogP contribution is 2.48. The van der Waals surface area contributed by atoms with Crippen molar-refractivity contribution in [3.63, 3.8) is 0 Å². The molecule has 4 aliphatic rings. The van der Waals surface area contributed by atoms with Crippen molar-refractivity contribution < 1.29 is 34.4 Å². The number of hydrogen-bond donors (Lipinski definition) is 2. The number of anilines is 4. The maximum atomic E-state index is 3.91. The van der Waals surface area contributed by atoms with E-state index in [1.54, 1.807) is 0 Å². The molecule has 0 saturated heterocycles. The molecule has 6 aromatic rings. The maximum absolute atomic E-state index is 3.91. The minimum atomic E-state index is 0. The first-order valence-corrected chi connectivity index (χ1v) is 30.2. The summed E-state index contributed by atoms with van der Waals surface area (Å²) in [5.41, 5.74) is 18.1.